The van der Waals surface area contributed by atoms with Crippen LogP contribution in [-0.2, 0) is 10.3 Å². The summed E-state index contributed by atoms with van der Waals surface area (Å²) in [5.74, 6) is 0. The first-order chi connectivity index (χ1) is 2.83. The van der Waals surface area contributed by atoms with Gasteiger partial charge in [-0.3, -0.25) is 0 Å². The Kier molecular flexibility index (Phi) is 34.9. The van der Waals surface area contributed by atoms with Crippen LogP contribution in [0.25, 0.3) is 0 Å². The number of hydrogen-bond donors (Lipinski definition) is 0. The standard InChI is InChI=1S/2F2O/c2*1-3-2. The molecular formula is F4O2. The van der Waals surface area contributed by atoms with Crippen LogP contribution in [0.2, 0.25) is 0 Å². The fourth-order valence-electron chi connectivity index (χ4n) is 0. The highest BCUT2D eigenvalue weighted by atomic mass is 19.6. The molecule has 0 aliphatic rings. The molecule has 0 fully saturated rings. The van der Waals surface area contributed by atoms with Crippen molar-refractivity contribution in [3.05, 3.63) is 0 Å². The van der Waals surface area contributed by atoms with Crippen LogP contribution in [0.4, 0.5) is 18.1 Å². The molecule has 0 spiro atoms. The Morgan fingerprint density at radius 3 is 0.667 bits per heavy atom. The van der Waals surface area contributed by atoms with E-state index in [9.17, 15) is 0 Å². The van der Waals surface area contributed by atoms with Crippen molar-refractivity contribution in [3.8, 4) is 0 Å². The van der Waals surface area contributed by atoms with Crippen molar-refractivity contribution in [1.29, 1.82) is 0 Å². The summed E-state index contributed by atoms with van der Waals surface area (Å²) in [6, 6.07) is 0. The predicted octanol–water partition coefficient (Wildman–Crippen LogP) is 1.54. The summed E-state index contributed by atoms with van der Waals surface area (Å²) >= 11 is 0. The number of hydrogen-bond acceptors (Lipinski definition) is 2. The smallest absolute Gasteiger partial charge is 0.0104 e. The Hall–Kier alpha value is -0.360. The molecule has 0 aliphatic heterocycles. The molecule has 6 heteroatoms. The van der Waals surface area contributed by atoms with E-state index >= 15 is 0 Å². The Balaban J connectivity index is 0. The molecule has 0 unspecified atom stereocenters. The molecule has 0 rings (SSSR count). The zero-order chi connectivity index (χ0) is 5.41. The van der Waals surface area contributed by atoms with E-state index in [0.29, 0.717) is 0 Å². The van der Waals surface area contributed by atoms with Gasteiger partial charge in [-0.2, -0.15) is 0 Å². The Bertz CT molecular complexity index is 7.51. The van der Waals surface area contributed by atoms with Crippen LogP contribution >= 0.6 is 0 Å². The monoisotopic (exact) mass is 108 g/mol. The van der Waals surface area contributed by atoms with Crippen LogP contribution < -0.4 is 0 Å². The van der Waals surface area contributed by atoms with Crippen molar-refractivity contribution in [3.63, 3.8) is 0 Å². The van der Waals surface area contributed by atoms with Gasteiger partial charge in [-0.25, -0.2) is 0 Å². The second kappa shape index (κ2) is 22.9. The van der Waals surface area contributed by atoms with Crippen LogP contribution in [0.1, 0.15) is 0 Å². The van der Waals surface area contributed by atoms with E-state index in [1.54, 1.807) is 0 Å². The molecule has 0 aliphatic carbocycles. The lowest BCUT2D eigenvalue weighted by Gasteiger charge is -1.41. The number of halogens is 4. The Morgan fingerprint density at radius 2 is 0.667 bits per heavy atom. The minimum absolute atomic E-state index is 1.25. The van der Waals surface area contributed by atoms with Gasteiger partial charge in [0.1, 0.15) is 0 Å². The van der Waals surface area contributed by atoms with Crippen LogP contribution in [-0.4, -0.2) is 0 Å². The molecular weight excluding hydrogens is 108 g/mol. The van der Waals surface area contributed by atoms with Crippen molar-refractivity contribution in [1.82, 2.24) is 0 Å². The first-order valence-corrected chi connectivity index (χ1v) is 0.617. The lowest BCUT2D eigenvalue weighted by Crippen LogP contribution is -1.26. The zero-order valence-electron chi connectivity index (χ0n) is 2.33. The molecule has 0 saturated carbocycles. The van der Waals surface area contributed by atoms with Crippen molar-refractivity contribution in [2.45, 2.75) is 0 Å². The van der Waals surface area contributed by atoms with Crippen LogP contribution in [0.3, 0.4) is 0 Å². The van der Waals surface area contributed by atoms with E-state index in [1.807, 2.05) is 0 Å². The van der Waals surface area contributed by atoms with E-state index in [4.69, 9.17) is 18.1 Å². The molecule has 0 bridgehead atoms. The zero-order valence-corrected chi connectivity index (χ0v) is 2.33. The van der Waals surface area contributed by atoms with E-state index in [2.05, 4.69) is 0 Å². The van der Waals surface area contributed by atoms with Gasteiger partial charge < -0.3 is 0 Å². The van der Waals surface area contributed by atoms with Gasteiger partial charge in [0, 0.05) is 10.3 Å². The molecule has 40 valence electrons. The molecule has 0 radical (unpaired) electrons. The molecule has 0 aromatic carbocycles. The molecule has 2 nitrogen and oxygen atoms in total. The summed E-state index contributed by atoms with van der Waals surface area (Å²) in [5.41, 5.74) is 0. The first kappa shape index (κ1) is 9.16. The van der Waals surface area contributed by atoms with Gasteiger partial charge in [0.25, 0.3) is 0 Å². The van der Waals surface area contributed by atoms with Crippen LogP contribution in [0.5, 0.6) is 0 Å². The second-order valence-electron chi connectivity index (χ2n) is 0.117. The third kappa shape index (κ3) is 196. The van der Waals surface area contributed by atoms with E-state index < -0.39 is 0 Å². The van der Waals surface area contributed by atoms with Crippen LogP contribution in [0.15, 0.2) is 0 Å². The number of rotatable bonds is 0. The Morgan fingerprint density at radius 1 is 0.667 bits per heavy atom. The van der Waals surface area contributed by atoms with Gasteiger partial charge in [0.2, 0.25) is 0 Å². The van der Waals surface area contributed by atoms with Crippen molar-refractivity contribution >= 4 is 0 Å². The summed E-state index contributed by atoms with van der Waals surface area (Å²) < 4.78 is 36.5. The molecule has 0 N–H and O–H groups in total. The fourth-order valence-corrected chi connectivity index (χ4v) is 0. The fraction of sp³-hybridized carbons (Fsp3) is 0. The summed E-state index contributed by atoms with van der Waals surface area (Å²) in [6.45, 7) is 0. The van der Waals surface area contributed by atoms with E-state index in [1.165, 1.54) is 10.3 Å². The normalized spacial score (nSPS) is 6.00. The van der Waals surface area contributed by atoms with Gasteiger partial charge in [0.15, 0.2) is 0 Å². The quantitative estimate of drug-likeness (QED) is 0.438. The lowest BCUT2D eigenvalue weighted by atomic mass is 15.4. The van der Waals surface area contributed by atoms with Gasteiger partial charge in [-0.15, -0.1) is 0 Å². The predicted molar refractivity (Wildman–Crippen MR) is 6.60 cm³/mol. The average Bonchev–Trinajstić information content (AvgIpc) is 1.39. The molecule has 0 aromatic heterocycles. The second-order valence-corrected chi connectivity index (χ2v) is 0.117. The third-order valence-corrected chi connectivity index (χ3v) is 0. The van der Waals surface area contributed by atoms with Crippen molar-refractivity contribution in [2.75, 3.05) is 0 Å². The summed E-state index contributed by atoms with van der Waals surface area (Å²) in [6.07, 6.45) is 0. The molecule has 0 heterocycles. The minimum Gasteiger partial charge on any atom is -0.0104 e. The molecule has 0 atom stereocenters. The molecule has 6 heavy (non-hydrogen) atoms. The Labute approximate surface area is 29.9 Å². The molecule has 0 amide bonds. The maximum Gasteiger partial charge on any atom is 0.0209 e. The van der Waals surface area contributed by atoms with Gasteiger partial charge >= 0.3 is 0 Å². The maximum absolute atomic E-state index is 9.12. The van der Waals surface area contributed by atoms with Gasteiger partial charge in [0.05, 0.1) is 0 Å². The summed E-state index contributed by atoms with van der Waals surface area (Å²) in [4.78, 5) is 0. The van der Waals surface area contributed by atoms with E-state index in [-0.39, 0.29) is 0 Å². The highest BCUT2D eigenvalue weighted by Crippen LogP contribution is 1.61. The lowest BCUT2D eigenvalue weighted by molar-refractivity contribution is -0.317. The maximum atomic E-state index is 9.12. The van der Waals surface area contributed by atoms with Crippen molar-refractivity contribution in [2.24, 2.45) is 0 Å². The summed E-state index contributed by atoms with van der Waals surface area (Å²) in [7, 11) is 0. The largest absolute Gasteiger partial charge is 0.0209 e. The average molecular weight is 108 g/mol. The highest BCUT2D eigenvalue weighted by Gasteiger charge is 1.42. The van der Waals surface area contributed by atoms with Crippen LogP contribution in [0, 0.1) is 0 Å². The van der Waals surface area contributed by atoms with Gasteiger partial charge in [-0.05, 0) is 18.1 Å². The molecule has 0 aromatic rings. The third-order valence-electron chi connectivity index (χ3n) is 0. The van der Waals surface area contributed by atoms with E-state index in [0.717, 1.165) is 0 Å². The topological polar surface area (TPSA) is 18.5 Å². The van der Waals surface area contributed by atoms with Crippen molar-refractivity contribution < 1.29 is 28.4 Å². The minimum atomic E-state index is 1.25. The molecule has 0 saturated heterocycles. The highest BCUT2D eigenvalue weighted by molar-refractivity contribution is 2.51. The summed E-state index contributed by atoms with van der Waals surface area (Å²) in [5, 5.41) is 2.50. The first-order valence-electron chi connectivity index (χ1n) is 0.617. The SMILES string of the molecule is FOF.FOF. The van der Waals surface area contributed by atoms with Gasteiger partial charge in [-0.1, -0.05) is 0 Å².